The number of aliphatic carboxylic acids is 1. The molecular formula is C15H22N2O4S. The van der Waals surface area contributed by atoms with Gasteiger partial charge in [0.05, 0.1) is 10.7 Å². The molecule has 1 aromatic rings. The summed E-state index contributed by atoms with van der Waals surface area (Å²) in [6.07, 6.45) is 0.552. The maximum atomic E-state index is 12.5. The number of hydrogen-bond acceptors (Lipinski definition) is 5. The molecule has 0 atom stereocenters. The fourth-order valence-electron chi connectivity index (χ4n) is 2.31. The van der Waals surface area contributed by atoms with Gasteiger partial charge in [-0.15, -0.1) is 11.3 Å². The van der Waals surface area contributed by atoms with Gasteiger partial charge in [-0.3, -0.25) is 4.79 Å². The summed E-state index contributed by atoms with van der Waals surface area (Å²) < 4.78 is 5.21. The van der Waals surface area contributed by atoms with Gasteiger partial charge in [0.2, 0.25) is 0 Å². The number of hydrogen-bond donors (Lipinski definition) is 2. The number of thiazole rings is 1. The maximum Gasteiger partial charge on any atom is 0.329 e. The van der Waals surface area contributed by atoms with Gasteiger partial charge in [0.15, 0.2) is 0 Å². The average molecular weight is 326 g/mol. The number of aromatic nitrogens is 1. The van der Waals surface area contributed by atoms with Gasteiger partial charge < -0.3 is 15.2 Å². The molecule has 1 aromatic heterocycles. The van der Waals surface area contributed by atoms with Crippen LogP contribution in [0.1, 0.15) is 54.0 Å². The van der Waals surface area contributed by atoms with E-state index in [1.807, 2.05) is 20.8 Å². The molecular weight excluding hydrogens is 304 g/mol. The Kier molecular flexibility index (Phi) is 4.58. The Bertz CT molecular complexity index is 583. The summed E-state index contributed by atoms with van der Waals surface area (Å²) in [4.78, 5) is 29.1. The van der Waals surface area contributed by atoms with E-state index in [9.17, 15) is 14.7 Å². The maximum absolute atomic E-state index is 12.5. The lowest BCUT2D eigenvalue weighted by Gasteiger charge is -2.33. The van der Waals surface area contributed by atoms with E-state index < -0.39 is 11.5 Å². The lowest BCUT2D eigenvalue weighted by atomic mass is 9.90. The highest BCUT2D eigenvalue weighted by Crippen LogP contribution is 2.30. The average Bonchev–Trinajstić information content (AvgIpc) is 2.82. The largest absolute Gasteiger partial charge is 0.480 e. The molecule has 1 amide bonds. The number of nitrogens with zero attached hydrogens (tertiary/aromatic N) is 1. The quantitative estimate of drug-likeness (QED) is 0.888. The fraction of sp³-hybridized carbons (Fsp3) is 0.667. The van der Waals surface area contributed by atoms with E-state index in [-0.39, 0.29) is 24.2 Å². The first-order chi connectivity index (χ1) is 10.2. The van der Waals surface area contributed by atoms with Gasteiger partial charge in [0.1, 0.15) is 10.4 Å². The van der Waals surface area contributed by atoms with Crippen molar-refractivity contribution in [1.82, 2.24) is 10.3 Å². The van der Waals surface area contributed by atoms with E-state index >= 15 is 0 Å². The second-order valence-corrected chi connectivity index (χ2v) is 7.64. The van der Waals surface area contributed by atoms with Crippen molar-refractivity contribution in [3.8, 4) is 0 Å². The van der Waals surface area contributed by atoms with E-state index in [0.29, 0.717) is 23.8 Å². The van der Waals surface area contributed by atoms with Gasteiger partial charge in [0.25, 0.3) is 5.91 Å². The zero-order valence-corrected chi connectivity index (χ0v) is 14.2. The minimum Gasteiger partial charge on any atom is -0.480 e. The van der Waals surface area contributed by atoms with Gasteiger partial charge in [-0.25, -0.2) is 9.78 Å². The van der Waals surface area contributed by atoms with Crippen molar-refractivity contribution in [3.05, 3.63) is 15.6 Å². The van der Waals surface area contributed by atoms with Crippen molar-refractivity contribution >= 4 is 23.2 Å². The number of carbonyl (C=O) groups excluding carboxylic acids is 1. The molecule has 122 valence electrons. The van der Waals surface area contributed by atoms with Gasteiger partial charge in [0, 0.05) is 31.5 Å². The molecule has 1 aliphatic rings. The second kappa shape index (κ2) is 5.96. The zero-order valence-electron chi connectivity index (χ0n) is 13.4. The summed E-state index contributed by atoms with van der Waals surface area (Å²) in [7, 11) is 0. The van der Waals surface area contributed by atoms with Gasteiger partial charge >= 0.3 is 5.97 Å². The van der Waals surface area contributed by atoms with Crippen LogP contribution in [0, 0.1) is 6.92 Å². The molecule has 6 nitrogen and oxygen atoms in total. The molecule has 0 aliphatic carbocycles. The first kappa shape index (κ1) is 16.9. The molecule has 1 fully saturated rings. The monoisotopic (exact) mass is 326 g/mol. The Balaban J connectivity index is 2.24. The Morgan fingerprint density at radius 1 is 1.32 bits per heavy atom. The molecule has 0 aromatic carbocycles. The highest BCUT2D eigenvalue weighted by atomic mass is 32.1. The van der Waals surface area contributed by atoms with Crippen LogP contribution in [0.2, 0.25) is 0 Å². The van der Waals surface area contributed by atoms with E-state index in [0.717, 1.165) is 5.01 Å². The molecule has 2 N–H and O–H groups in total. The molecule has 22 heavy (non-hydrogen) atoms. The van der Waals surface area contributed by atoms with Crippen LogP contribution >= 0.6 is 11.3 Å². The molecule has 2 rings (SSSR count). The van der Waals surface area contributed by atoms with Crippen LogP contribution in [0.5, 0.6) is 0 Å². The van der Waals surface area contributed by atoms with Crippen LogP contribution < -0.4 is 5.32 Å². The topological polar surface area (TPSA) is 88.5 Å². The van der Waals surface area contributed by atoms with E-state index in [1.54, 1.807) is 6.92 Å². The lowest BCUT2D eigenvalue weighted by molar-refractivity contribution is -0.148. The Labute approximate surface area is 133 Å². The third kappa shape index (κ3) is 3.30. The Hall–Kier alpha value is -1.47. The summed E-state index contributed by atoms with van der Waals surface area (Å²) in [5.41, 5.74) is -0.745. The van der Waals surface area contributed by atoms with E-state index in [4.69, 9.17) is 4.74 Å². The highest BCUT2D eigenvalue weighted by Gasteiger charge is 2.42. The lowest BCUT2D eigenvalue weighted by Crippen LogP contribution is -2.57. The molecule has 1 aliphatic heterocycles. The summed E-state index contributed by atoms with van der Waals surface area (Å²) in [5.74, 6) is -1.38. The molecule has 0 radical (unpaired) electrons. The number of amides is 1. The van der Waals surface area contributed by atoms with Crippen LogP contribution in [0.15, 0.2) is 0 Å². The molecule has 0 unspecified atom stereocenters. The predicted molar refractivity (Wildman–Crippen MR) is 83.4 cm³/mol. The smallest absolute Gasteiger partial charge is 0.329 e. The van der Waals surface area contributed by atoms with Gasteiger partial charge in [-0.2, -0.15) is 0 Å². The summed E-state index contributed by atoms with van der Waals surface area (Å²) in [5, 5.41) is 13.1. The van der Waals surface area contributed by atoms with Crippen LogP contribution in [-0.2, 0) is 14.9 Å². The third-order valence-corrected chi connectivity index (χ3v) is 5.33. The van der Waals surface area contributed by atoms with Crippen LogP contribution in [0.25, 0.3) is 0 Å². The number of carboxylic acid groups (broad SMARTS) is 1. The van der Waals surface area contributed by atoms with E-state index in [1.165, 1.54) is 11.3 Å². The first-order valence-electron chi connectivity index (χ1n) is 7.27. The molecule has 7 heteroatoms. The summed E-state index contributed by atoms with van der Waals surface area (Å²) >= 11 is 1.33. The van der Waals surface area contributed by atoms with Crippen molar-refractivity contribution in [2.75, 3.05) is 13.2 Å². The number of ether oxygens (including phenoxy) is 1. The first-order valence-corrected chi connectivity index (χ1v) is 8.09. The SMILES string of the molecule is Cc1nc(C(C)(C)C)sc1C(=O)NC1(C(=O)O)CCOCC1. The second-order valence-electron chi connectivity index (χ2n) is 6.64. The van der Waals surface area contributed by atoms with Crippen LogP contribution in [0.3, 0.4) is 0 Å². The molecule has 0 spiro atoms. The predicted octanol–water partition coefficient (Wildman–Crippen LogP) is 2.11. The van der Waals surface area contributed by atoms with E-state index in [2.05, 4.69) is 10.3 Å². The van der Waals surface area contributed by atoms with Gasteiger partial charge in [-0.1, -0.05) is 20.8 Å². The highest BCUT2D eigenvalue weighted by molar-refractivity contribution is 7.14. The molecule has 1 saturated heterocycles. The molecule has 0 bridgehead atoms. The van der Waals surface area contributed by atoms with Crippen molar-refractivity contribution in [1.29, 1.82) is 0 Å². The van der Waals surface area contributed by atoms with Crippen molar-refractivity contribution in [3.63, 3.8) is 0 Å². The fourth-order valence-corrected chi connectivity index (χ4v) is 3.33. The minimum atomic E-state index is -1.24. The number of aryl methyl sites for hydroxylation is 1. The number of carbonyl (C=O) groups is 2. The van der Waals surface area contributed by atoms with Gasteiger partial charge in [-0.05, 0) is 6.92 Å². The zero-order chi connectivity index (χ0) is 16.5. The third-order valence-electron chi connectivity index (χ3n) is 3.75. The number of carboxylic acids is 1. The minimum absolute atomic E-state index is 0.142. The normalized spacial score (nSPS) is 18.0. The Morgan fingerprint density at radius 2 is 1.91 bits per heavy atom. The number of rotatable bonds is 3. The number of nitrogens with one attached hydrogen (secondary N) is 1. The van der Waals surface area contributed by atoms with Crippen molar-refractivity contribution in [2.24, 2.45) is 0 Å². The van der Waals surface area contributed by atoms with Crippen molar-refractivity contribution in [2.45, 2.75) is 51.5 Å². The molecule has 2 heterocycles. The summed E-state index contributed by atoms with van der Waals surface area (Å²) in [6.45, 7) is 8.54. The summed E-state index contributed by atoms with van der Waals surface area (Å²) in [6, 6.07) is 0. The van der Waals surface area contributed by atoms with Crippen LogP contribution in [-0.4, -0.2) is 40.7 Å². The molecule has 0 saturated carbocycles. The van der Waals surface area contributed by atoms with Crippen molar-refractivity contribution < 1.29 is 19.4 Å². The van der Waals surface area contributed by atoms with Crippen LogP contribution in [0.4, 0.5) is 0 Å². The Morgan fingerprint density at radius 3 is 2.36 bits per heavy atom. The standard InChI is InChI=1S/C15H22N2O4S/c1-9-10(22-12(16-9)14(2,3)4)11(18)17-15(13(19)20)5-7-21-8-6-15/h5-8H2,1-4H3,(H,17,18)(H,19,20).